The number of nitrogens with zero attached hydrogens (tertiary/aromatic N) is 1. The molecule has 0 amide bonds. The number of para-hydroxylation sites is 2. The van der Waals surface area contributed by atoms with Gasteiger partial charge in [0.25, 0.3) is 0 Å². The van der Waals surface area contributed by atoms with E-state index in [-0.39, 0.29) is 0 Å². The highest BCUT2D eigenvalue weighted by Crippen LogP contribution is 2.33. The Morgan fingerprint density at radius 3 is 2.83 bits per heavy atom. The summed E-state index contributed by atoms with van der Waals surface area (Å²) in [5.41, 5.74) is 3.68. The van der Waals surface area contributed by atoms with E-state index in [1.807, 2.05) is 18.2 Å². The van der Waals surface area contributed by atoms with E-state index in [1.165, 1.54) is 29.3 Å². The van der Waals surface area contributed by atoms with Crippen LogP contribution >= 0.6 is 0 Å². The fraction of sp³-hybridized carbons (Fsp3) is 0.300. The zero-order valence-electron chi connectivity index (χ0n) is 13.2. The van der Waals surface area contributed by atoms with Crippen LogP contribution < -0.4 is 0 Å². The van der Waals surface area contributed by atoms with Crippen LogP contribution in [0, 0.1) is 0 Å². The second kappa shape index (κ2) is 6.09. The number of aromatic nitrogens is 1. The average Bonchev–Trinajstić information content (AvgIpc) is 3.01. The van der Waals surface area contributed by atoms with Crippen molar-refractivity contribution in [1.29, 1.82) is 0 Å². The Kier molecular flexibility index (Phi) is 3.80. The molecule has 2 aromatic carbocycles. The van der Waals surface area contributed by atoms with Gasteiger partial charge in [0, 0.05) is 35.8 Å². The lowest BCUT2D eigenvalue weighted by molar-refractivity contribution is 0.199. The van der Waals surface area contributed by atoms with Crippen molar-refractivity contribution in [3.8, 4) is 5.75 Å². The second-order valence-corrected chi connectivity index (χ2v) is 6.49. The predicted molar refractivity (Wildman–Crippen MR) is 93.7 cm³/mol. The van der Waals surface area contributed by atoms with Crippen molar-refractivity contribution in [3.05, 3.63) is 65.9 Å². The molecule has 0 aliphatic carbocycles. The normalized spacial score (nSPS) is 19.2. The Labute approximate surface area is 136 Å². The number of phenolic OH excluding ortho intramolecular Hbond substituents is 1. The number of hydrogen-bond acceptors (Lipinski definition) is 2. The highest BCUT2D eigenvalue weighted by atomic mass is 16.3. The number of phenols is 1. The maximum atomic E-state index is 10.0. The minimum absolute atomic E-state index is 0.404. The molecule has 0 spiro atoms. The Morgan fingerprint density at radius 2 is 1.91 bits per heavy atom. The van der Waals surface area contributed by atoms with Crippen LogP contribution in [0.25, 0.3) is 10.9 Å². The lowest BCUT2D eigenvalue weighted by Gasteiger charge is -2.32. The quantitative estimate of drug-likeness (QED) is 0.759. The summed E-state index contributed by atoms with van der Waals surface area (Å²) in [6.45, 7) is 2.98. The molecular formula is C20H22N2O. The van der Waals surface area contributed by atoms with Crippen molar-refractivity contribution >= 4 is 10.9 Å². The van der Waals surface area contributed by atoms with Gasteiger partial charge in [-0.3, -0.25) is 4.90 Å². The van der Waals surface area contributed by atoms with Crippen LogP contribution in [0.5, 0.6) is 5.75 Å². The average molecular weight is 306 g/mol. The minimum Gasteiger partial charge on any atom is -0.508 e. The molecule has 1 saturated heterocycles. The molecule has 23 heavy (non-hydrogen) atoms. The third-order valence-corrected chi connectivity index (χ3v) is 4.95. The zero-order chi connectivity index (χ0) is 15.6. The standard InChI is InChI=1S/C20H22N2O/c23-20-10-4-1-6-16(20)14-22-11-5-7-15(13-22)18-12-21-19-9-3-2-8-17(18)19/h1-4,6,8-10,12,15,21,23H,5,7,11,13-14H2/t15-/m1/s1. The van der Waals surface area contributed by atoms with Crippen LogP contribution in [-0.4, -0.2) is 28.1 Å². The van der Waals surface area contributed by atoms with Gasteiger partial charge < -0.3 is 10.1 Å². The lowest BCUT2D eigenvalue weighted by Crippen LogP contribution is -2.33. The fourth-order valence-electron chi connectivity index (χ4n) is 3.77. The number of aromatic hydroxyl groups is 1. The SMILES string of the molecule is Oc1ccccc1CN1CCC[C@@H](c2c[nH]c3ccccc23)C1. The molecule has 1 aromatic heterocycles. The number of aromatic amines is 1. The van der Waals surface area contributed by atoms with E-state index in [1.54, 1.807) is 6.07 Å². The Morgan fingerprint density at radius 1 is 1.09 bits per heavy atom. The topological polar surface area (TPSA) is 39.3 Å². The van der Waals surface area contributed by atoms with Gasteiger partial charge in [-0.05, 0) is 43.0 Å². The van der Waals surface area contributed by atoms with Gasteiger partial charge in [0.05, 0.1) is 0 Å². The highest BCUT2D eigenvalue weighted by molar-refractivity contribution is 5.83. The first-order valence-electron chi connectivity index (χ1n) is 8.36. The van der Waals surface area contributed by atoms with Gasteiger partial charge in [0.2, 0.25) is 0 Å². The summed E-state index contributed by atoms with van der Waals surface area (Å²) in [4.78, 5) is 5.86. The molecule has 0 unspecified atom stereocenters. The van der Waals surface area contributed by atoms with E-state index in [0.717, 1.165) is 25.2 Å². The number of likely N-dealkylation sites (tertiary alicyclic amines) is 1. The van der Waals surface area contributed by atoms with Gasteiger partial charge in [-0.15, -0.1) is 0 Å². The number of rotatable bonds is 3. The zero-order valence-corrected chi connectivity index (χ0v) is 13.2. The first-order valence-corrected chi connectivity index (χ1v) is 8.36. The summed E-state index contributed by atoms with van der Waals surface area (Å²) < 4.78 is 0. The smallest absolute Gasteiger partial charge is 0.120 e. The van der Waals surface area contributed by atoms with Gasteiger partial charge in [0.1, 0.15) is 5.75 Å². The summed E-state index contributed by atoms with van der Waals surface area (Å²) >= 11 is 0. The molecule has 3 aromatic rings. The van der Waals surface area contributed by atoms with E-state index < -0.39 is 0 Å². The van der Waals surface area contributed by atoms with E-state index in [9.17, 15) is 5.11 Å². The van der Waals surface area contributed by atoms with Crippen molar-refractivity contribution in [3.63, 3.8) is 0 Å². The van der Waals surface area contributed by atoms with Gasteiger partial charge in [-0.1, -0.05) is 36.4 Å². The Hall–Kier alpha value is -2.26. The molecule has 4 rings (SSSR count). The number of fused-ring (bicyclic) bond motifs is 1. The number of nitrogens with one attached hydrogen (secondary N) is 1. The van der Waals surface area contributed by atoms with Crippen LogP contribution in [0.3, 0.4) is 0 Å². The molecule has 3 nitrogen and oxygen atoms in total. The second-order valence-electron chi connectivity index (χ2n) is 6.49. The summed E-state index contributed by atoms with van der Waals surface area (Å²) in [5, 5.41) is 11.3. The first kappa shape index (κ1) is 14.3. The monoisotopic (exact) mass is 306 g/mol. The first-order chi connectivity index (χ1) is 11.3. The van der Waals surface area contributed by atoms with Crippen LogP contribution in [0.1, 0.15) is 29.9 Å². The van der Waals surface area contributed by atoms with Crippen LogP contribution in [0.4, 0.5) is 0 Å². The van der Waals surface area contributed by atoms with Gasteiger partial charge in [0.15, 0.2) is 0 Å². The van der Waals surface area contributed by atoms with Gasteiger partial charge in [-0.2, -0.15) is 0 Å². The lowest BCUT2D eigenvalue weighted by atomic mass is 9.90. The Bertz CT molecular complexity index is 808. The van der Waals surface area contributed by atoms with Gasteiger partial charge in [-0.25, -0.2) is 0 Å². The van der Waals surface area contributed by atoms with E-state index in [0.29, 0.717) is 11.7 Å². The van der Waals surface area contributed by atoms with Crippen LogP contribution in [0.2, 0.25) is 0 Å². The number of hydrogen-bond donors (Lipinski definition) is 2. The molecule has 1 fully saturated rings. The third-order valence-electron chi connectivity index (χ3n) is 4.95. The minimum atomic E-state index is 0.404. The molecule has 0 bridgehead atoms. The summed E-state index contributed by atoms with van der Waals surface area (Å²) in [5.74, 6) is 0.965. The molecule has 0 radical (unpaired) electrons. The van der Waals surface area contributed by atoms with Crippen molar-refractivity contribution < 1.29 is 5.11 Å². The fourth-order valence-corrected chi connectivity index (χ4v) is 3.77. The molecule has 3 heteroatoms. The maximum absolute atomic E-state index is 10.0. The molecular weight excluding hydrogens is 284 g/mol. The molecule has 118 valence electrons. The maximum Gasteiger partial charge on any atom is 0.120 e. The number of H-pyrrole nitrogens is 1. The van der Waals surface area contributed by atoms with Crippen molar-refractivity contribution in [1.82, 2.24) is 9.88 Å². The van der Waals surface area contributed by atoms with Gasteiger partial charge >= 0.3 is 0 Å². The summed E-state index contributed by atoms with van der Waals surface area (Å²) in [7, 11) is 0. The van der Waals surface area contributed by atoms with Crippen molar-refractivity contribution in [2.75, 3.05) is 13.1 Å². The number of piperidine rings is 1. The predicted octanol–water partition coefficient (Wildman–Crippen LogP) is 4.25. The van der Waals surface area contributed by atoms with E-state index in [4.69, 9.17) is 0 Å². The molecule has 0 saturated carbocycles. The summed E-state index contributed by atoms with van der Waals surface area (Å²) in [6, 6.07) is 16.2. The highest BCUT2D eigenvalue weighted by Gasteiger charge is 2.23. The molecule has 1 aliphatic rings. The molecule has 1 atom stereocenters. The van der Waals surface area contributed by atoms with Crippen molar-refractivity contribution in [2.45, 2.75) is 25.3 Å². The van der Waals surface area contributed by atoms with Crippen LogP contribution in [-0.2, 0) is 6.54 Å². The third kappa shape index (κ3) is 2.84. The largest absolute Gasteiger partial charge is 0.508 e. The van der Waals surface area contributed by atoms with Crippen LogP contribution in [0.15, 0.2) is 54.7 Å². The van der Waals surface area contributed by atoms with E-state index >= 15 is 0 Å². The van der Waals surface area contributed by atoms with E-state index in [2.05, 4.69) is 40.3 Å². The molecule has 2 heterocycles. The molecule has 2 N–H and O–H groups in total. The van der Waals surface area contributed by atoms with Crippen molar-refractivity contribution in [2.24, 2.45) is 0 Å². The Balaban J connectivity index is 1.54. The summed E-state index contributed by atoms with van der Waals surface area (Å²) in [6.07, 6.45) is 4.62. The number of benzene rings is 2. The molecule has 1 aliphatic heterocycles.